The first-order valence-electron chi connectivity index (χ1n) is 5.45. The molecule has 1 aliphatic carbocycles. The maximum atomic E-state index is 6.11. The van der Waals surface area contributed by atoms with Crippen molar-refractivity contribution in [1.29, 1.82) is 0 Å². The molecule has 1 aromatic heterocycles. The zero-order valence-corrected chi connectivity index (χ0v) is 10.2. The van der Waals surface area contributed by atoms with Crippen LogP contribution in [0.1, 0.15) is 29.9 Å². The Labute approximate surface area is 106 Å². The molecule has 1 aliphatic rings. The third-order valence-electron chi connectivity index (χ3n) is 2.58. The maximum Gasteiger partial charge on any atom is 0.161 e. The number of hydrogen-bond acceptors (Lipinski definition) is 2. The Morgan fingerprint density at radius 2 is 2.00 bits per heavy atom. The fourth-order valence-corrected chi connectivity index (χ4v) is 1.96. The molecule has 0 saturated carbocycles. The molecule has 3 heteroatoms. The lowest BCUT2D eigenvalue weighted by atomic mass is 10.1. The zero-order chi connectivity index (χ0) is 12.3. The van der Waals surface area contributed by atoms with Crippen LogP contribution in [0.4, 0.5) is 0 Å². The van der Waals surface area contributed by atoms with E-state index in [9.17, 15) is 0 Å². The van der Waals surface area contributed by atoms with Gasteiger partial charge in [-0.2, -0.15) is 0 Å². The Kier molecular flexibility index (Phi) is 3.55. The molecule has 86 valence electrons. The van der Waals surface area contributed by atoms with Crippen molar-refractivity contribution in [2.45, 2.75) is 12.8 Å². The van der Waals surface area contributed by atoms with Gasteiger partial charge in [0.1, 0.15) is 5.15 Å². The Morgan fingerprint density at radius 1 is 1.18 bits per heavy atom. The van der Waals surface area contributed by atoms with Gasteiger partial charge in [-0.25, -0.2) is 9.97 Å². The smallest absolute Gasteiger partial charge is 0.161 e. The van der Waals surface area contributed by atoms with Crippen LogP contribution < -0.4 is 0 Å². The normalized spacial score (nSPS) is 14.3. The van der Waals surface area contributed by atoms with Gasteiger partial charge in [0.2, 0.25) is 0 Å². The molecule has 0 fully saturated rings. The number of hydrogen-bond donors (Lipinski definition) is 0. The van der Waals surface area contributed by atoms with Crippen molar-refractivity contribution in [3.63, 3.8) is 0 Å². The lowest BCUT2D eigenvalue weighted by Gasteiger charge is -2.09. The second-order valence-electron chi connectivity index (χ2n) is 3.68. The average Bonchev–Trinajstić information content (AvgIpc) is 2.38. The monoisotopic (exact) mass is 244 g/mol. The summed E-state index contributed by atoms with van der Waals surface area (Å²) in [6.07, 6.45) is 11.6. The summed E-state index contributed by atoms with van der Waals surface area (Å²) in [5.74, 6) is 0.645. The number of allylic oxidation sites excluding steroid dienone is 4. The molecule has 0 N–H and O–H groups in total. The first-order chi connectivity index (χ1) is 8.26. The molecule has 0 aromatic carbocycles. The molecule has 0 radical (unpaired) electrons. The largest absolute Gasteiger partial charge is 0.228 e. The summed E-state index contributed by atoms with van der Waals surface area (Å²) >= 11 is 6.11. The molecule has 2 nitrogen and oxygen atoms in total. The minimum Gasteiger partial charge on any atom is -0.228 e. The van der Waals surface area contributed by atoms with E-state index in [2.05, 4.69) is 35.3 Å². The standard InChI is InChI=1S/C14H13ClN2/c1-3-11-12(4-2)16-14(17-13(11)15)10-8-6-5-7-9-10/h3-4,6,8-9H,1-2,5,7H2. The van der Waals surface area contributed by atoms with Crippen LogP contribution in [0, 0.1) is 0 Å². The molecule has 0 aliphatic heterocycles. The van der Waals surface area contributed by atoms with Crippen molar-refractivity contribution >= 4 is 29.3 Å². The molecule has 2 rings (SSSR count). The highest BCUT2D eigenvalue weighted by atomic mass is 35.5. The molecule has 17 heavy (non-hydrogen) atoms. The van der Waals surface area contributed by atoms with E-state index in [0.29, 0.717) is 11.0 Å². The van der Waals surface area contributed by atoms with E-state index in [1.165, 1.54) is 0 Å². The molecule has 0 atom stereocenters. The molecule has 0 spiro atoms. The number of halogens is 1. The second-order valence-corrected chi connectivity index (χ2v) is 4.04. The fraction of sp³-hybridized carbons (Fsp3) is 0.143. The Balaban J connectivity index is 2.53. The van der Waals surface area contributed by atoms with E-state index in [0.717, 1.165) is 29.7 Å². The van der Waals surface area contributed by atoms with Crippen molar-refractivity contribution in [2.24, 2.45) is 0 Å². The fourth-order valence-electron chi connectivity index (χ4n) is 1.71. The molecule has 1 heterocycles. The van der Waals surface area contributed by atoms with E-state index in [4.69, 9.17) is 11.6 Å². The van der Waals surface area contributed by atoms with Gasteiger partial charge in [0.25, 0.3) is 0 Å². The Morgan fingerprint density at radius 3 is 2.59 bits per heavy atom. The van der Waals surface area contributed by atoms with Crippen LogP contribution in [0.2, 0.25) is 5.15 Å². The van der Waals surface area contributed by atoms with E-state index in [-0.39, 0.29) is 0 Å². The molecule has 0 bridgehead atoms. The summed E-state index contributed by atoms with van der Waals surface area (Å²) in [4.78, 5) is 8.73. The predicted octanol–water partition coefficient (Wildman–Crippen LogP) is 4.15. The van der Waals surface area contributed by atoms with Gasteiger partial charge in [-0.1, -0.05) is 49.1 Å². The summed E-state index contributed by atoms with van der Waals surface area (Å²) in [5.41, 5.74) is 2.46. The van der Waals surface area contributed by atoms with Crippen molar-refractivity contribution in [1.82, 2.24) is 9.97 Å². The molecular formula is C14H13ClN2. The first kappa shape index (κ1) is 11.8. The average molecular weight is 245 g/mol. The topological polar surface area (TPSA) is 25.8 Å². The molecule has 0 saturated heterocycles. The van der Waals surface area contributed by atoms with Crippen LogP contribution in [0.3, 0.4) is 0 Å². The summed E-state index contributed by atoms with van der Waals surface area (Å²) in [6.45, 7) is 7.43. The third kappa shape index (κ3) is 2.37. The van der Waals surface area contributed by atoms with E-state index < -0.39 is 0 Å². The summed E-state index contributed by atoms with van der Waals surface area (Å²) in [7, 11) is 0. The molecule has 0 unspecified atom stereocenters. The van der Waals surface area contributed by atoms with Gasteiger partial charge in [0, 0.05) is 11.1 Å². The SMILES string of the molecule is C=Cc1nc(C2=CCCC=C2)nc(Cl)c1C=C. The molecule has 1 aromatic rings. The van der Waals surface area contributed by atoms with Crippen molar-refractivity contribution in [3.05, 3.63) is 53.6 Å². The second kappa shape index (κ2) is 5.11. The van der Waals surface area contributed by atoms with E-state index in [1.807, 2.05) is 6.08 Å². The summed E-state index contributed by atoms with van der Waals surface area (Å²) < 4.78 is 0. The zero-order valence-electron chi connectivity index (χ0n) is 9.49. The lowest BCUT2D eigenvalue weighted by molar-refractivity contribution is 1.02. The van der Waals surface area contributed by atoms with Gasteiger partial charge in [0.15, 0.2) is 5.82 Å². The van der Waals surface area contributed by atoms with Gasteiger partial charge in [0.05, 0.1) is 5.69 Å². The Bertz CT molecular complexity index is 527. The van der Waals surface area contributed by atoms with Gasteiger partial charge >= 0.3 is 0 Å². The highest BCUT2D eigenvalue weighted by Gasteiger charge is 2.11. The van der Waals surface area contributed by atoms with Crippen molar-refractivity contribution in [3.8, 4) is 0 Å². The number of aromatic nitrogens is 2. The van der Waals surface area contributed by atoms with Crippen LogP contribution >= 0.6 is 11.6 Å². The first-order valence-corrected chi connectivity index (χ1v) is 5.83. The van der Waals surface area contributed by atoms with Crippen LogP contribution in [-0.2, 0) is 0 Å². The van der Waals surface area contributed by atoms with Gasteiger partial charge in [-0.3, -0.25) is 0 Å². The van der Waals surface area contributed by atoms with Crippen LogP contribution in [0.25, 0.3) is 17.7 Å². The van der Waals surface area contributed by atoms with Gasteiger partial charge < -0.3 is 0 Å². The van der Waals surface area contributed by atoms with Crippen LogP contribution in [0.15, 0.2) is 31.4 Å². The van der Waals surface area contributed by atoms with Gasteiger partial charge in [-0.15, -0.1) is 0 Å². The van der Waals surface area contributed by atoms with E-state index in [1.54, 1.807) is 12.2 Å². The summed E-state index contributed by atoms with van der Waals surface area (Å²) in [6, 6.07) is 0. The van der Waals surface area contributed by atoms with E-state index >= 15 is 0 Å². The molecular weight excluding hydrogens is 232 g/mol. The summed E-state index contributed by atoms with van der Waals surface area (Å²) in [5, 5.41) is 0.416. The Hall–Kier alpha value is -1.67. The highest BCUT2D eigenvalue weighted by molar-refractivity contribution is 6.31. The maximum absolute atomic E-state index is 6.11. The van der Waals surface area contributed by atoms with Crippen LogP contribution in [-0.4, -0.2) is 9.97 Å². The third-order valence-corrected chi connectivity index (χ3v) is 2.87. The van der Waals surface area contributed by atoms with Crippen molar-refractivity contribution in [2.75, 3.05) is 0 Å². The number of rotatable bonds is 3. The minimum atomic E-state index is 0.416. The van der Waals surface area contributed by atoms with Crippen molar-refractivity contribution < 1.29 is 0 Å². The van der Waals surface area contributed by atoms with Crippen LogP contribution in [0.5, 0.6) is 0 Å². The predicted molar refractivity (Wildman–Crippen MR) is 73.6 cm³/mol. The molecule has 0 amide bonds. The highest BCUT2D eigenvalue weighted by Crippen LogP contribution is 2.24. The lowest BCUT2D eigenvalue weighted by Crippen LogP contribution is -2.00. The quantitative estimate of drug-likeness (QED) is 0.747. The number of nitrogens with zero attached hydrogens (tertiary/aromatic N) is 2. The van der Waals surface area contributed by atoms with Gasteiger partial charge in [-0.05, 0) is 18.9 Å². The minimum absolute atomic E-state index is 0.416.